The summed E-state index contributed by atoms with van der Waals surface area (Å²) in [5.41, 5.74) is -0.417. The number of ether oxygens (including phenoxy) is 2. The van der Waals surface area contributed by atoms with E-state index < -0.39 is 23.0 Å². The Balaban J connectivity index is 2.18. The van der Waals surface area contributed by atoms with Gasteiger partial charge < -0.3 is 14.8 Å². The topological polar surface area (TPSA) is 90.7 Å². The van der Waals surface area contributed by atoms with E-state index in [4.69, 9.17) is 4.74 Å². The lowest BCUT2D eigenvalue weighted by molar-refractivity contribution is -0.385. The Labute approximate surface area is 155 Å². The third-order valence-electron chi connectivity index (χ3n) is 4.34. The summed E-state index contributed by atoms with van der Waals surface area (Å²) in [5, 5.41) is 14.1. The number of rotatable bonds is 7. The number of hydrogen-bond acceptors (Lipinski definition) is 5. The lowest BCUT2D eigenvalue weighted by Gasteiger charge is -2.14. The van der Waals surface area contributed by atoms with Gasteiger partial charge in [0.15, 0.2) is 11.5 Å². The summed E-state index contributed by atoms with van der Waals surface area (Å²) >= 11 is 0. The van der Waals surface area contributed by atoms with Gasteiger partial charge in [0.1, 0.15) is 0 Å². The van der Waals surface area contributed by atoms with Gasteiger partial charge in [-0.15, -0.1) is 0 Å². The fraction of sp³-hybridized carbons (Fsp3) is 0.500. The van der Waals surface area contributed by atoms with Crippen molar-refractivity contribution in [3.63, 3.8) is 0 Å². The van der Waals surface area contributed by atoms with Gasteiger partial charge in [-0.05, 0) is 25.0 Å². The number of nitro benzene ring substituents is 1. The number of nitrogens with zero attached hydrogens (tertiary/aromatic N) is 1. The van der Waals surface area contributed by atoms with Gasteiger partial charge in [-0.25, -0.2) is 0 Å². The summed E-state index contributed by atoms with van der Waals surface area (Å²) < 4.78 is 34.1. The zero-order valence-electron chi connectivity index (χ0n) is 15.0. The van der Waals surface area contributed by atoms with Crippen LogP contribution in [0.1, 0.15) is 44.1 Å². The molecule has 1 aliphatic rings. The number of nitrogens with one attached hydrogen (secondary N) is 1. The van der Waals surface area contributed by atoms with E-state index in [1.54, 1.807) is 0 Å². The number of alkyl halides is 2. The van der Waals surface area contributed by atoms with E-state index in [2.05, 4.69) is 10.1 Å². The molecule has 0 bridgehead atoms. The monoisotopic (exact) mass is 384 g/mol. The van der Waals surface area contributed by atoms with E-state index >= 15 is 0 Å². The molecule has 0 aliphatic heterocycles. The molecule has 1 aliphatic carbocycles. The van der Waals surface area contributed by atoms with Crippen molar-refractivity contribution in [2.24, 2.45) is 0 Å². The summed E-state index contributed by atoms with van der Waals surface area (Å²) in [6.07, 6.45) is 8.70. The van der Waals surface area contributed by atoms with Crippen LogP contribution in [0.25, 0.3) is 6.08 Å². The minimum Gasteiger partial charge on any atom is -0.493 e. The van der Waals surface area contributed by atoms with Crippen LogP contribution in [0, 0.1) is 10.1 Å². The number of benzene rings is 1. The minimum absolute atomic E-state index is 0.0504. The summed E-state index contributed by atoms with van der Waals surface area (Å²) in [5.74, 6) is -0.896. The molecule has 148 valence electrons. The summed E-state index contributed by atoms with van der Waals surface area (Å²) in [6, 6.07) is 2.13. The molecule has 1 saturated carbocycles. The number of methoxy groups -OCH3 is 1. The maximum Gasteiger partial charge on any atom is 0.387 e. The molecule has 9 heteroatoms. The summed E-state index contributed by atoms with van der Waals surface area (Å²) in [6.45, 7) is -3.15. The van der Waals surface area contributed by atoms with Crippen molar-refractivity contribution < 1.29 is 28.0 Å². The summed E-state index contributed by atoms with van der Waals surface area (Å²) in [7, 11) is 1.23. The van der Waals surface area contributed by atoms with Crippen molar-refractivity contribution in [3.05, 3.63) is 33.9 Å². The van der Waals surface area contributed by atoms with Gasteiger partial charge >= 0.3 is 6.61 Å². The molecule has 1 amide bonds. The van der Waals surface area contributed by atoms with Crippen molar-refractivity contribution in [2.45, 2.75) is 51.2 Å². The third kappa shape index (κ3) is 6.19. The van der Waals surface area contributed by atoms with Crippen LogP contribution in [0.2, 0.25) is 0 Å². The molecule has 2 rings (SSSR count). The molecule has 1 N–H and O–H groups in total. The van der Waals surface area contributed by atoms with Crippen LogP contribution in [-0.2, 0) is 4.79 Å². The Morgan fingerprint density at radius 3 is 2.48 bits per heavy atom. The fourth-order valence-electron chi connectivity index (χ4n) is 3.04. The highest BCUT2D eigenvalue weighted by atomic mass is 19.3. The van der Waals surface area contributed by atoms with Crippen molar-refractivity contribution in [3.8, 4) is 11.5 Å². The number of hydrogen-bond donors (Lipinski definition) is 1. The molecule has 0 heterocycles. The van der Waals surface area contributed by atoms with Crippen molar-refractivity contribution in [1.29, 1.82) is 0 Å². The lowest BCUT2D eigenvalue weighted by atomic mass is 10.1. The number of amides is 1. The number of carbonyl (C=O) groups excluding carboxylic acids is 1. The SMILES string of the molecule is COc1cc(C=CC(=O)NC2CCCCCC2)c([N+](=O)[O-])cc1OC(F)F. The highest BCUT2D eigenvalue weighted by Crippen LogP contribution is 2.36. The van der Waals surface area contributed by atoms with Crippen LogP contribution in [0.3, 0.4) is 0 Å². The molecule has 0 unspecified atom stereocenters. The molecule has 1 aromatic rings. The maximum absolute atomic E-state index is 12.5. The molecule has 1 aromatic carbocycles. The van der Waals surface area contributed by atoms with E-state index in [0.717, 1.165) is 44.6 Å². The third-order valence-corrected chi connectivity index (χ3v) is 4.34. The van der Waals surface area contributed by atoms with Crippen LogP contribution in [0.15, 0.2) is 18.2 Å². The fourth-order valence-corrected chi connectivity index (χ4v) is 3.04. The largest absolute Gasteiger partial charge is 0.493 e. The van der Waals surface area contributed by atoms with Gasteiger partial charge in [0.2, 0.25) is 5.91 Å². The van der Waals surface area contributed by atoms with Gasteiger partial charge in [-0.1, -0.05) is 25.7 Å². The van der Waals surface area contributed by atoms with E-state index in [0.29, 0.717) is 0 Å². The molecule has 0 saturated heterocycles. The first-order valence-electron chi connectivity index (χ1n) is 8.70. The van der Waals surface area contributed by atoms with Gasteiger partial charge in [0, 0.05) is 12.1 Å². The smallest absolute Gasteiger partial charge is 0.387 e. The number of halogens is 2. The zero-order valence-corrected chi connectivity index (χ0v) is 15.0. The average Bonchev–Trinajstić information content (AvgIpc) is 2.88. The Kier molecular flexibility index (Phi) is 7.51. The van der Waals surface area contributed by atoms with Crippen LogP contribution in [-0.4, -0.2) is 30.6 Å². The van der Waals surface area contributed by atoms with Crippen molar-refractivity contribution in [2.75, 3.05) is 7.11 Å². The molecule has 0 aromatic heterocycles. The van der Waals surface area contributed by atoms with Gasteiger partial charge in [-0.3, -0.25) is 14.9 Å². The molecule has 7 nitrogen and oxygen atoms in total. The van der Waals surface area contributed by atoms with Gasteiger partial charge in [0.25, 0.3) is 5.69 Å². The van der Waals surface area contributed by atoms with Crippen molar-refractivity contribution in [1.82, 2.24) is 5.32 Å². The predicted molar refractivity (Wildman–Crippen MR) is 94.9 cm³/mol. The van der Waals surface area contributed by atoms with Crippen LogP contribution in [0.5, 0.6) is 11.5 Å². The lowest BCUT2D eigenvalue weighted by Crippen LogP contribution is -2.33. The van der Waals surface area contributed by atoms with Gasteiger partial charge in [0.05, 0.1) is 23.7 Å². The summed E-state index contributed by atoms with van der Waals surface area (Å²) in [4.78, 5) is 22.6. The number of carbonyl (C=O) groups is 1. The van der Waals surface area contributed by atoms with E-state index in [-0.39, 0.29) is 23.3 Å². The van der Waals surface area contributed by atoms with E-state index in [1.807, 2.05) is 0 Å². The molecular weight excluding hydrogens is 362 g/mol. The molecule has 0 atom stereocenters. The van der Waals surface area contributed by atoms with Crippen LogP contribution >= 0.6 is 0 Å². The average molecular weight is 384 g/mol. The molecule has 0 spiro atoms. The predicted octanol–water partition coefficient (Wildman–Crippen LogP) is 4.06. The Morgan fingerprint density at radius 1 is 1.26 bits per heavy atom. The van der Waals surface area contributed by atoms with Crippen LogP contribution < -0.4 is 14.8 Å². The van der Waals surface area contributed by atoms with Gasteiger partial charge in [-0.2, -0.15) is 8.78 Å². The van der Waals surface area contributed by atoms with Crippen molar-refractivity contribution >= 4 is 17.7 Å². The van der Waals surface area contributed by atoms with E-state index in [9.17, 15) is 23.7 Å². The second-order valence-corrected chi connectivity index (χ2v) is 6.23. The Morgan fingerprint density at radius 2 is 1.93 bits per heavy atom. The van der Waals surface area contributed by atoms with Crippen LogP contribution in [0.4, 0.5) is 14.5 Å². The first-order valence-corrected chi connectivity index (χ1v) is 8.70. The second kappa shape index (κ2) is 9.84. The first kappa shape index (κ1) is 20.6. The Bertz CT molecular complexity index is 701. The molecule has 1 fully saturated rings. The van der Waals surface area contributed by atoms with E-state index in [1.165, 1.54) is 25.3 Å². The first-order chi connectivity index (χ1) is 12.9. The molecular formula is C18H22F2N2O5. The Hall–Kier alpha value is -2.71. The second-order valence-electron chi connectivity index (χ2n) is 6.23. The normalized spacial score (nSPS) is 15.6. The standard InChI is InChI=1S/C18H22F2N2O5/c1-26-15-10-12(14(22(24)25)11-16(15)27-18(19)20)8-9-17(23)21-13-6-4-2-3-5-7-13/h8-11,13,18H,2-7H2,1H3,(H,21,23). The molecule has 0 radical (unpaired) electrons. The molecule has 27 heavy (non-hydrogen) atoms. The quantitative estimate of drug-likeness (QED) is 0.331. The highest BCUT2D eigenvalue weighted by molar-refractivity contribution is 5.92. The maximum atomic E-state index is 12.5. The number of nitro groups is 1. The highest BCUT2D eigenvalue weighted by Gasteiger charge is 2.21. The minimum atomic E-state index is -3.15. The zero-order chi connectivity index (χ0) is 19.8.